The van der Waals surface area contributed by atoms with Crippen molar-refractivity contribution in [3.63, 3.8) is 0 Å². The molecular weight excluding hydrogens is 499 g/mol. The summed E-state index contributed by atoms with van der Waals surface area (Å²) in [6.07, 6.45) is 8.59. The van der Waals surface area contributed by atoms with Crippen molar-refractivity contribution in [1.82, 2.24) is 16.0 Å². The lowest BCUT2D eigenvalue weighted by molar-refractivity contribution is -0.126. The fourth-order valence-electron chi connectivity index (χ4n) is 4.24. The lowest BCUT2D eigenvalue weighted by Gasteiger charge is -2.35. The molecule has 0 bridgehead atoms. The lowest BCUT2D eigenvalue weighted by atomic mass is 9.85. The molecule has 2 unspecified atom stereocenters. The molecule has 3 rings (SSSR count). The van der Waals surface area contributed by atoms with Gasteiger partial charge in [0.2, 0.25) is 5.91 Å². The first-order valence-electron chi connectivity index (χ1n) is 11.2. The van der Waals surface area contributed by atoms with E-state index < -0.39 is 0 Å². The Labute approximate surface area is 197 Å². The first-order chi connectivity index (χ1) is 13.6. The number of rotatable bonds is 8. The standard InChI is InChI=1S/C21H38N4O2S.HI/c1-3-22-20(23-15-21(28-4-2)10-12-27-13-11-21)25-18-7-5-6-16(14-18)19(26)24-17-8-9-17;/h16-18H,3-15H2,1-2H3,(H,24,26)(H2,22,23,25);1H. The van der Waals surface area contributed by atoms with Crippen LogP contribution < -0.4 is 16.0 Å². The number of halogens is 1. The Morgan fingerprint density at radius 2 is 1.86 bits per heavy atom. The highest BCUT2D eigenvalue weighted by Crippen LogP contribution is 2.35. The highest BCUT2D eigenvalue weighted by atomic mass is 127. The summed E-state index contributed by atoms with van der Waals surface area (Å²) in [6.45, 7) is 7.68. The van der Waals surface area contributed by atoms with Gasteiger partial charge in [0.25, 0.3) is 0 Å². The molecule has 29 heavy (non-hydrogen) atoms. The van der Waals surface area contributed by atoms with Gasteiger partial charge in [-0.3, -0.25) is 9.79 Å². The molecular formula is C21H39IN4O2S. The molecule has 0 radical (unpaired) electrons. The number of thioether (sulfide) groups is 1. The molecule has 2 saturated carbocycles. The van der Waals surface area contributed by atoms with Gasteiger partial charge in [-0.05, 0) is 57.6 Å². The Balaban J connectivity index is 0.00000300. The van der Waals surface area contributed by atoms with E-state index in [1.54, 1.807) is 0 Å². The number of ether oxygens (including phenoxy) is 1. The average Bonchev–Trinajstić information content (AvgIpc) is 3.52. The molecule has 3 aliphatic rings. The van der Waals surface area contributed by atoms with Gasteiger partial charge in [-0.15, -0.1) is 24.0 Å². The second kappa shape index (κ2) is 12.6. The van der Waals surface area contributed by atoms with E-state index in [2.05, 4.69) is 29.8 Å². The third-order valence-electron chi connectivity index (χ3n) is 6.03. The fourth-order valence-corrected chi connectivity index (χ4v) is 5.46. The SMILES string of the molecule is CCNC(=NCC1(SCC)CCOCC1)NC1CCCC(C(=O)NC2CC2)C1.I. The Morgan fingerprint density at radius 1 is 1.10 bits per heavy atom. The van der Waals surface area contributed by atoms with Crippen molar-refractivity contribution in [1.29, 1.82) is 0 Å². The van der Waals surface area contributed by atoms with Crippen LogP contribution in [0.15, 0.2) is 4.99 Å². The average molecular weight is 539 g/mol. The monoisotopic (exact) mass is 538 g/mol. The number of carbonyl (C=O) groups is 1. The van der Waals surface area contributed by atoms with Crippen LogP contribution in [0.5, 0.6) is 0 Å². The molecule has 0 spiro atoms. The van der Waals surface area contributed by atoms with Gasteiger partial charge in [0.1, 0.15) is 0 Å². The molecule has 2 aliphatic carbocycles. The van der Waals surface area contributed by atoms with Crippen molar-refractivity contribution in [2.24, 2.45) is 10.9 Å². The quantitative estimate of drug-likeness (QED) is 0.251. The topological polar surface area (TPSA) is 74.8 Å². The number of carbonyl (C=O) groups excluding carboxylic acids is 1. The minimum atomic E-state index is 0. The molecule has 2 atom stereocenters. The van der Waals surface area contributed by atoms with Gasteiger partial charge < -0.3 is 20.7 Å². The van der Waals surface area contributed by atoms with Gasteiger partial charge in [-0.1, -0.05) is 13.3 Å². The fraction of sp³-hybridized carbons (Fsp3) is 0.905. The number of nitrogens with zero attached hydrogens (tertiary/aromatic N) is 1. The van der Waals surface area contributed by atoms with Crippen LogP contribution >= 0.6 is 35.7 Å². The first-order valence-corrected chi connectivity index (χ1v) is 12.2. The molecule has 0 aromatic heterocycles. The molecule has 8 heteroatoms. The highest BCUT2D eigenvalue weighted by molar-refractivity contribution is 14.0. The third kappa shape index (κ3) is 8.09. The van der Waals surface area contributed by atoms with E-state index in [1.807, 2.05) is 11.8 Å². The number of hydrogen-bond acceptors (Lipinski definition) is 4. The molecule has 3 N–H and O–H groups in total. The van der Waals surface area contributed by atoms with E-state index in [9.17, 15) is 4.79 Å². The van der Waals surface area contributed by atoms with Crippen LogP contribution in [0.2, 0.25) is 0 Å². The summed E-state index contributed by atoms with van der Waals surface area (Å²) in [5, 5.41) is 10.2. The van der Waals surface area contributed by atoms with E-state index >= 15 is 0 Å². The molecule has 1 amide bonds. The van der Waals surface area contributed by atoms with Gasteiger partial charge in [-0.2, -0.15) is 11.8 Å². The van der Waals surface area contributed by atoms with Crippen molar-refractivity contribution in [2.45, 2.75) is 82.0 Å². The predicted molar refractivity (Wildman–Crippen MR) is 132 cm³/mol. The molecule has 3 fully saturated rings. The van der Waals surface area contributed by atoms with Crippen LogP contribution in [0.1, 0.15) is 65.2 Å². The summed E-state index contributed by atoms with van der Waals surface area (Å²) in [5.41, 5.74) is 0. The maximum absolute atomic E-state index is 12.5. The second-order valence-corrected chi connectivity index (χ2v) is 10.1. The van der Waals surface area contributed by atoms with Gasteiger partial charge in [-0.25, -0.2) is 0 Å². The Morgan fingerprint density at radius 3 is 2.52 bits per heavy atom. The maximum atomic E-state index is 12.5. The normalized spacial score (nSPS) is 26.9. The minimum Gasteiger partial charge on any atom is -0.381 e. The molecule has 1 saturated heterocycles. The minimum absolute atomic E-state index is 0. The molecule has 1 heterocycles. The molecule has 168 valence electrons. The van der Waals surface area contributed by atoms with Crippen molar-refractivity contribution < 1.29 is 9.53 Å². The summed E-state index contributed by atoms with van der Waals surface area (Å²) in [5.74, 6) is 2.42. The van der Waals surface area contributed by atoms with Crippen molar-refractivity contribution in [3.05, 3.63) is 0 Å². The molecule has 6 nitrogen and oxygen atoms in total. The predicted octanol–water partition coefficient (Wildman–Crippen LogP) is 3.30. The van der Waals surface area contributed by atoms with Crippen LogP contribution in [-0.2, 0) is 9.53 Å². The second-order valence-electron chi connectivity index (χ2n) is 8.41. The Kier molecular flexibility index (Phi) is 10.9. The largest absolute Gasteiger partial charge is 0.381 e. The van der Waals surface area contributed by atoms with E-state index in [4.69, 9.17) is 9.73 Å². The van der Waals surface area contributed by atoms with Crippen molar-refractivity contribution >= 4 is 47.6 Å². The first kappa shape index (κ1) is 25.0. The van der Waals surface area contributed by atoms with Crippen LogP contribution in [0.25, 0.3) is 0 Å². The van der Waals surface area contributed by atoms with Crippen LogP contribution in [-0.4, -0.2) is 60.8 Å². The van der Waals surface area contributed by atoms with Gasteiger partial charge in [0, 0.05) is 42.5 Å². The highest BCUT2D eigenvalue weighted by Gasteiger charge is 2.34. The smallest absolute Gasteiger partial charge is 0.223 e. The van der Waals surface area contributed by atoms with Crippen LogP contribution in [0, 0.1) is 5.92 Å². The van der Waals surface area contributed by atoms with Crippen molar-refractivity contribution in [3.8, 4) is 0 Å². The third-order valence-corrected chi connectivity index (χ3v) is 7.47. The summed E-state index contributed by atoms with van der Waals surface area (Å²) in [7, 11) is 0. The molecule has 0 aromatic rings. The van der Waals surface area contributed by atoms with E-state index in [-0.39, 0.29) is 40.5 Å². The Bertz CT molecular complexity index is 533. The number of hydrogen-bond donors (Lipinski definition) is 3. The summed E-state index contributed by atoms with van der Waals surface area (Å²) < 4.78 is 5.78. The Hall–Kier alpha value is -0.220. The molecule has 1 aliphatic heterocycles. The zero-order chi connectivity index (χ0) is 19.8. The maximum Gasteiger partial charge on any atom is 0.223 e. The summed E-state index contributed by atoms with van der Waals surface area (Å²) >= 11 is 2.03. The lowest BCUT2D eigenvalue weighted by Crippen LogP contribution is -2.48. The summed E-state index contributed by atoms with van der Waals surface area (Å²) in [6, 6.07) is 0.775. The number of guanidine groups is 1. The van der Waals surface area contributed by atoms with Crippen molar-refractivity contribution in [2.75, 3.05) is 32.1 Å². The van der Waals surface area contributed by atoms with E-state index in [1.165, 1.54) is 0 Å². The zero-order valence-electron chi connectivity index (χ0n) is 18.0. The zero-order valence-corrected chi connectivity index (χ0v) is 21.2. The van der Waals surface area contributed by atoms with Crippen LogP contribution in [0.3, 0.4) is 0 Å². The van der Waals surface area contributed by atoms with E-state index in [0.717, 1.165) is 89.4 Å². The van der Waals surface area contributed by atoms with E-state index in [0.29, 0.717) is 12.1 Å². The molecule has 0 aromatic carbocycles. The van der Waals surface area contributed by atoms with Crippen LogP contribution in [0.4, 0.5) is 0 Å². The summed E-state index contributed by atoms with van der Waals surface area (Å²) in [4.78, 5) is 17.4. The number of aliphatic imine (C=N–C) groups is 1. The van der Waals surface area contributed by atoms with Gasteiger partial charge in [0.15, 0.2) is 5.96 Å². The van der Waals surface area contributed by atoms with Gasteiger partial charge in [0.05, 0.1) is 6.54 Å². The van der Waals surface area contributed by atoms with Gasteiger partial charge >= 0.3 is 0 Å². The number of nitrogens with one attached hydrogen (secondary N) is 3. The number of amides is 1.